The molecule has 0 radical (unpaired) electrons. The predicted molar refractivity (Wildman–Crippen MR) is 74.1 cm³/mol. The van der Waals surface area contributed by atoms with Gasteiger partial charge in [0.1, 0.15) is 5.82 Å². The molecule has 96 valence electrons. The van der Waals surface area contributed by atoms with Crippen LogP contribution in [0.2, 0.25) is 0 Å². The van der Waals surface area contributed by atoms with Crippen LogP contribution in [0.4, 0.5) is 4.39 Å². The molecule has 1 atom stereocenters. The van der Waals surface area contributed by atoms with E-state index in [1.54, 1.807) is 12.1 Å². The topological polar surface area (TPSA) is 15.3 Å². The predicted octanol–water partition coefficient (Wildman–Crippen LogP) is 2.80. The van der Waals surface area contributed by atoms with Gasteiger partial charge in [0.2, 0.25) is 0 Å². The number of benzene rings is 1. The summed E-state index contributed by atoms with van der Waals surface area (Å²) < 4.78 is 14.1. The van der Waals surface area contributed by atoms with Gasteiger partial charge in [-0.25, -0.2) is 4.39 Å². The summed E-state index contributed by atoms with van der Waals surface area (Å²) >= 11 is 3.46. The summed E-state index contributed by atoms with van der Waals surface area (Å²) in [6, 6.07) is 5.41. The molecule has 17 heavy (non-hydrogen) atoms. The lowest BCUT2D eigenvalue weighted by atomic mass is 10.1. The Morgan fingerprint density at radius 1 is 1.53 bits per heavy atom. The molecule has 0 saturated carbocycles. The van der Waals surface area contributed by atoms with Gasteiger partial charge in [-0.05, 0) is 43.8 Å². The molecule has 1 saturated heterocycles. The van der Waals surface area contributed by atoms with Gasteiger partial charge < -0.3 is 5.32 Å². The fourth-order valence-corrected chi connectivity index (χ4v) is 2.45. The second-order valence-electron chi connectivity index (χ2n) is 4.30. The van der Waals surface area contributed by atoms with Gasteiger partial charge in [-0.15, -0.1) is 12.4 Å². The Hall–Kier alpha value is -0.160. The fourth-order valence-electron chi connectivity index (χ4n) is 2.08. The van der Waals surface area contributed by atoms with E-state index < -0.39 is 0 Å². The molecule has 0 aromatic heterocycles. The fraction of sp³-hybridized carbons (Fsp3) is 0.500. The molecule has 1 fully saturated rings. The highest BCUT2D eigenvalue weighted by molar-refractivity contribution is 9.10. The van der Waals surface area contributed by atoms with Crippen molar-refractivity contribution in [1.29, 1.82) is 0 Å². The van der Waals surface area contributed by atoms with Crippen molar-refractivity contribution in [3.63, 3.8) is 0 Å². The van der Waals surface area contributed by atoms with Crippen LogP contribution in [0.25, 0.3) is 0 Å². The van der Waals surface area contributed by atoms with Crippen molar-refractivity contribution in [2.45, 2.75) is 19.0 Å². The number of rotatable bonds is 3. The van der Waals surface area contributed by atoms with Crippen molar-refractivity contribution in [1.82, 2.24) is 10.2 Å². The van der Waals surface area contributed by atoms with E-state index >= 15 is 0 Å². The van der Waals surface area contributed by atoms with Crippen LogP contribution in [-0.4, -0.2) is 31.1 Å². The molecule has 1 aromatic rings. The minimum absolute atomic E-state index is 0. The summed E-state index contributed by atoms with van der Waals surface area (Å²) in [6.45, 7) is 2.90. The summed E-state index contributed by atoms with van der Waals surface area (Å²) in [5, 5.41) is 3.34. The average molecular weight is 324 g/mol. The van der Waals surface area contributed by atoms with Crippen molar-refractivity contribution in [3.05, 3.63) is 34.1 Å². The van der Waals surface area contributed by atoms with E-state index in [1.807, 2.05) is 0 Å². The summed E-state index contributed by atoms with van der Waals surface area (Å²) in [5.41, 5.74) is 1.01. The maximum Gasteiger partial charge on any atom is 0.123 e. The standard InChI is InChI=1S/C12H16BrFN2.ClH/c1-16(11-4-5-15-7-11)8-9-6-10(14)2-3-12(9)13;/h2-3,6,11,15H,4-5,7-8H2,1H3;1H. The molecule has 0 amide bonds. The van der Waals surface area contributed by atoms with Gasteiger partial charge in [0.05, 0.1) is 0 Å². The average Bonchev–Trinajstić information content (AvgIpc) is 2.76. The summed E-state index contributed by atoms with van der Waals surface area (Å²) in [4.78, 5) is 2.28. The number of hydrogen-bond acceptors (Lipinski definition) is 2. The molecule has 1 aromatic carbocycles. The van der Waals surface area contributed by atoms with Gasteiger partial charge in [-0.1, -0.05) is 15.9 Å². The Balaban J connectivity index is 0.00000144. The second kappa shape index (κ2) is 6.69. The van der Waals surface area contributed by atoms with Gasteiger partial charge in [0, 0.05) is 23.6 Å². The van der Waals surface area contributed by atoms with Crippen LogP contribution >= 0.6 is 28.3 Å². The summed E-state index contributed by atoms with van der Waals surface area (Å²) in [7, 11) is 2.09. The highest BCUT2D eigenvalue weighted by Gasteiger charge is 2.19. The zero-order valence-corrected chi connectivity index (χ0v) is 12.2. The Bertz CT molecular complexity index is 370. The molecule has 0 aliphatic carbocycles. The quantitative estimate of drug-likeness (QED) is 0.920. The van der Waals surface area contributed by atoms with Crippen molar-refractivity contribution >= 4 is 28.3 Å². The molecule has 2 nitrogen and oxygen atoms in total. The molecule has 1 N–H and O–H groups in total. The molecule has 1 aliphatic heterocycles. The van der Waals surface area contributed by atoms with Crippen molar-refractivity contribution < 1.29 is 4.39 Å². The first kappa shape index (κ1) is 14.9. The van der Waals surface area contributed by atoms with Gasteiger partial charge in [0.15, 0.2) is 0 Å². The SMILES string of the molecule is CN(Cc1cc(F)ccc1Br)C1CCNC1.Cl. The Labute approximate surface area is 116 Å². The number of hydrogen-bond donors (Lipinski definition) is 1. The van der Waals surface area contributed by atoms with Crippen LogP contribution < -0.4 is 5.32 Å². The highest BCUT2D eigenvalue weighted by Crippen LogP contribution is 2.20. The molecule has 0 bridgehead atoms. The molecule has 1 unspecified atom stereocenters. The first-order chi connectivity index (χ1) is 7.66. The largest absolute Gasteiger partial charge is 0.315 e. The van der Waals surface area contributed by atoms with Crippen LogP contribution in [-0.2, 0) is 6.54 Å². The van der Waals surface area contributed by atoms with E-state index in [1.165, 1.54) is 12.5 Å². The Morgan fingerprint density at radius 2 is 2.29 bits per heavy atom. The minimum Gasteiger partial charge on any atom is -0.315 e. The van der Waals surface area contributed by atoms with Crippen LogP contribution in [0.5, 0.6) is 0 Å². The van der Waals surface area contributed by atoms with Crippen LogP contribution in [0.1, 0.15) is 12.0 Å². The molecule has 1 aliphatic rings. The summed E-state index contributed by atoms with van der Waals surface area (Å²) in [5.74, 6) is -0.170. The van der Waals surface area contributed by atoms with E-state index in [-0.39, 0.29) is 18.2 Å². The molecule has 0 spiro atoms. The number of nitrogens with one attached hydrogen (secondary N) is 1. The van der Waals surface area contributed by atoms with Gasteiger partial charge >= 0.3 is 0 Å². The molecule has 5 heteroatoms. The minimum atomic E-state index is -0.170. The third-order valence-electron chi connectivity index (χ3n) is 3.09. The lowest BCUT2D eigenvalue weighted by molar-refractivity contribution is 0.248. The third kappa shape index (κ3) is 3.91. The number of halogens is 3. The molecular weight excluding hydrogens is 307 g/mol. The highest BCUT2D eigenvalue weighted by atomic mass is 79.9. The van der Waals surface area contributed by atoms with E-state index in [2.05, 4.69) is 33.2 Å². The smallest absolute Gasteiger partial charge is 0.123 e. The maximum atomic E-state index is 13.1. The van der Waals surface area contributed by atoms with Crippen LogP contribution in [0.3, 0.4) is 0 Å². The molecular formula is C12H17BrClFN2. The van der Waals surface area contributed by atoms with E-state index in [0.29, 0.717) is 6.04 Å². The second-order valence-corrected chi connectivity index (χ2v) is 5.15. The normalized spacial score (nSPS) is 19.4. The van der Waals surface area contributed by atoms with Crippen molar-refractivity contribution in [3.8, 4) is 0 Å². The van der Waals surface area contributed by atoms with Crippen LogP contribution in [0.15, 0.2) is 22.7 Å². The first-order valence-electron chi connectivity index (χ1n) is 5.51. The molecule has 2 rings (SSSR count). The monoisotopic (exact) mass is 322 g/mol. The third-order valence-corrected chi connectivity index (χ3v) is 3.86. The van der Waals surface area contributed by atoms with E-state index in [0.717, 1.165) is 29.7 Å². The van der Waals surface area contributed by atoms with E-state index in [4.69, 9.17) is 0 Å². The number of likely N-dealkylation sites (N-methyl/N-ethyl adjacent to an activating group) is 1. The van der Waals surface area contributed by atoms with Gasteiger partial charge in [-0.2, -0.15) is 0 Å². The van der Waals surface area contributed by atoms with Gasteiger partial charge in [-0.3, -0.25) is 4.90 Å². The summed E-state index contributed by atoms with van der Waals surface area (Å²) in [6.07, 6.45) is 1.17. The zero-order chi connectivity index (χ0) is 11.5. The van der Waals surface area contributed by atoms with Gasteiger partial charge in [0.25, 0.3) is 0 Å². The van der Waals surface area contributed by atoms with Crippen molar-refractivity contribution in [2.24, 2.45) is 0 Å². The van der Waals surface area contributed by atoms with Crippen molar-refractivity contribution in [2.75, 3.05) is 20.1 Å². The number of nitrogens with zero attached hydrogens (tertiary/aromatic N) is 1. The van der Waals surface area contributed by atoms with Crippen LogP contribution in [0, 0.1) is 5.82 Å². The molecule has 1 heterocycles. The lowest BCUT2D eigenvalue weighted by Crippen LogP contribution is -2.32. The Kier molecular flexibility index (Phi) is 5.86. The Morgan fingerprint density at radius 3 is 2.94 bits per heavy atom. The maximum absolute atomic E-state index is 13.1. The zero-order valence-electron chi connectivity index (χ0n) is 9.75. The lowest BCUT2D eigenvalue weighted by Gasteiger charge is -2.23. The van der Waals surface area contributed by atoms with E-state index in [9.17, 15) is 4.39 Å². The first-order valence-corrected chi connectivity index (χ1v) is 6.31.